The first kappa shape index (κ1) is 26.9. The highest BCUT2D eigenvalue weighted by Crippen LogP contribution is 2.62. The lowest BCUT2D eigenvalue weighted by Crippen LogP contribution is -2.40. The van der Waals surface area contributed by atoms with Crippen molar-refractivity contribution in [3.05, 3.63) is 47.6 Å². The molecule has 0 amide bonds. The molecule has 5 heteroatoms. The average Bonchev–Trinajstić information content (AvgIpc) is 3.11. The van der Waals surface area contributed by atoms with Crippen molar-refractivity contribution in [2.24, 2.45) is 28.1 Å². The largest absolute Gasteiger partial charge is 0.481 e. The summed E-state index contributed by atoms with van der Waals surface area (Å²) in [4.78, 5) is 11.5. The quantitative estimate of drug-likeness (QED) is 0.399. The Balaban J connectivity index is 1.81. The first-order chi connectivity index (χ1) is 15.7. The summed E-state index contributed by atoms with van der Waals surface area (Å²) in [5.41, 5.74) is 1.83. The molecule has 3 rings (SSSR count). The van der Waals surface area contributed by atoms with Gasteiger partial charge in [-0.2, -0.15) is 0 Å². The van der Waals surface area contributed by atoms with Crippen LogP contribution in [0.3, 0.4) is 0 Å². The monoisotopic (exact) mass is 472 g/mol. The standard InChI is InChI=1S/C29H44O5/c1-18-20(16-21(30)17-23(18)31)10-9-19-8-7-14-29(6)22(19)11-12-24(29)27(2,3)15-13-25(32)28(4,5)26(33)34/h9-10,13,15,21-25,30-32H,1,7-8,11-12,14,16-17H2,2-6H3,(H,33,34)/t21-,22+,23+,24-,25+,29+/m1/s1. The number of rotatable bonds is 6. The molecule has 0 radical (unpaired) electrons. The van der Waals surface area contributed by atoms with Crippen LogP contribution in [0.15, 0.2) is 47.6 Å². The SMILES string of the molecule is C=C1C(=CC=C2CCC[C@]3(C)[C@@H](C(C)(C)C=C[C@H](O)C(C)(C)C(=O)O)CC[C@@H]23)C[C@@H](O)C[C@@H]1O. The summed E-state index contributed by atoms with van der Waals surface area (Å²) < 4.78 is 0. The maximum absolute atomic E-state index is 11.5. The van der Waals surface area contributed by atoms with Crippen LogP contribution < -0.4 is 0 Å². The molecular formula is C29H44O5. The smallest absolute Gasteiger partial charge is 0.312 e. The molecule has 0 aliphatic heterocycles. The van der Waals surface area contributed by atoms with E-state index in [-0.39, 0.29) is 10.8 Å². The van der Waals surface area contributed by atoms with Crippen molar-refractivity contribution in [3.63, 3.8) is 0 Å². The highest BCUT2D eigenvalue weighted by atomic mass is 16.4. The fraction of sp³-hybridized carbons (Fsp3) is 0.690. The highest BCUT2D eigenvalue weighted by Gasteiger charge is 2.53. The van der Waals surface area contributed by atoms with Gasteiger partial charge in [0.15, 0.2) is 0 Å². The molecule has 190 valence electrons. The molecule has 3 saturated carbocycles. The first-order valence-corrected chi connectivity index (χ1v) is 12.8. The number of carbonyl (C=O) groups is 1. The van der Waals surface area contributed by atoms with Crippen LogP contribution >= 0.6 is 0 Å². The van der Waals surface area contributed by atoms with Gasteiger partial charge in [-0.15, -0.1) is 0 Å². The van der Waals surface area contributed by atoms with E-state index in [0.29, 0.717) is 24.7 Å². The Morgan fingerprint density at radius 2 is 1.85 bits per heavy atom. The second kappa shape index (κ2) is 9.75. The molecule has 0 spiro atoms. The number of hydrogen-bond donors (Lipinski definition) is 4. The average molecular weight is 473 g/mol. The first-order valence-electron chi connectivity index (χ1n) is 12.8. The molecule has 3 aliphatic carbocycles. The minimum atomic E-state index is -1.23. The molecule has 0 aromatic heterocycles. The zero-order chi connectivity index (χ0) is 25.5. The second-order valence-corrected chi connectivity index (χ2v) is 12.3. The van der Waals surface area contributed by atoms with Crippen molar-refractivity contribution >= 4 is 5.97 Å². The van der Waals surface area contributed by atoms with E-state index in [2.05, 4.69) is 39.5 Å². The molecule has 0 saturated heterocycles. The molecule has 4 N–H and O–H groups in total. The van der Waals surface area contributed by atoms with Crippen LogP contribution in [0.4, 0.5) is 0 Å². The molecule has 0 aromatic rings. The summed E-state index contributed by atoms with van der Waals surface area (Å²) in [6.45, 7) is 14.0. The molecular weight excluding hydrogens is 428 g/mol. The third-order valence-electron chi connectivity index (χ3n) is 9.13. The maximum Gasteiger partial charge on any atom is 0.312 e. The van der Waals surface area contributed by atoms with E-state index in [1.807, 2.05) is 6.08 Å². The molecule has 5 nitrogen and oxygen atoms in total. The molecule has 3 fully saturated rings. The van der Waals surface area contributed by atoms with Crippen LogP contribution in [0.2, 0.25) is 0 Å². The molecule has 3 aliphatic rings. The number of aliphatic hydroxyl groups excluding tert-OH is 3. The van der Waals surface area contributed by atoms with Gasteiger partial charge in [0.2, 0.25) is 0 Å². The normalized spacial score (nSPS) is 36.3. The Morgan fingerprint density at radius 3 is 2.50 bits per heavy atom. The van der Waals surface area contributed by atoms with Crippen molar-refractivity contribution in [2.75, 3.05) is 0 Å². The summed E-state index contributed by atoms with van der Waals surface area (Å²) in [5, 5.41) is 40.2. The van der Waals surface area contributed by atoms with Gasteiger partial charge >= 0.3 is 5.97 Å². The number of aliphatic hydroxyl groups is 3. The summed E-state index contributed by atoms with van der Waals surface area (Å²) in [5.74, 6) is -0.110. The predicted molar refractivity (Wildman–Crippen MR) is 135 cm³/mol. The van der Waals surface area contributed by atoms with Crippen LogP contribution in [0.1, 0.15) is 79.6 Å². The Kier molecular flexibility index (Phi) is 7.72. The third-order valence-corrected chi connectivity index (χ3v) is 9.13. The van der Waals surface area contributed by atoms with Gasteiger partial charge in [0.1, 0.15) is 0 Å². The lowest BCUT2D eigenvalue weighted by Gasteiger charge is -2.47. The van der Waals surface area contributed by atoms with Gasteiger partial charge in [0.05, 0.1) is 23.7 Å². The van der Waals surface area contributed by atoms with E-state index in [1.165, 1.54) is 5.57 Å². The highest BCUT2D eigenvalue weighted by molar-refractivity contribution is 5.74. The van der Waals surface area contributed by atoms with Crippen LogP contribution in [0, 0.1) is 28.1 Å². The molecule has 0 heterocycles. The van der Waals surface area contributed by atoms with Gasteiger partial charge in [0.25, 0.3) is 0 Å². The van der Waals surface area contributed by atoms with Crippen molar-refractivity contribution in [1.29, 1.82) is 0 Å². The van der Waals surface area contributed by atoms with Crippen molar-refractivity contribution in [3.8, 4) is 0 Å². The van der Waals surface area contributed by atoms with Crippen LogP contribution in [-0.4, -0.2) is 44.7 Å². The number of carboxylic acid groups (broad SMARTS) is 1. The second-order valence-electron chi connectivity index (χ2n) is 12.3. The van der Waals surface area contributed by atoms with Gasteiger partial charge < -0.3 is 20.4 Å². The Morgan fingerprint density at radius 1 is 1.18 bits per heavy atom. The lowest BCUT2D eigenvalue weighted by atomic mass is 9.57. The maximum atomic E-state index is 11.5. The predicted octanol–water partition coefficient (Wildman–Crippen LogP) is 5.18. The number of fused-ring (bicyclic) bond motifs is 1. The van der Waals surface area contributed by atoms with Crippen molar-refractivity contribution in [1.82, 2.24) is 0 Å². The molecule has 0 bridgehead atoms. The molecule has 6 atom stereocenters. The third kappa shape index (κ3) is 5.12. The minimum Gasteiger partial charge on any atom is -0.481 e. The Hall–Kier alpha value is -1.69. The van der Waals surface area contributed by atoms with E-state index in [1.54, 1.807) is 19.9 Å². The molecule has 0 unspecified atom stereocenters. The van der Waals surface area contributed by atoms with Gasteiger partial charge in [-0.3, -0.25) is 4.79 Å². The number of allylic oxidation sites excluding steroid dienone is 4. The number of carboxylic acids is 1. The van der Waals surface area contributed by atoms with E-state index < -0.39 is 29.7 Å². The molecule has 0 aromatic carbocycles. The summed E-state index contributed by atoms with van der Waals surface area (Å²) >= 11 is 0. The van der Waals surface area contributed by atoms with Crippen molar-refractivity contribution < 1.29 is 25.2 Å². The summed E-state index contributed by atoms with van der Waals surface area (Å²) in [6.07, 6.45) is 12.2. The summed E-state index contributed by atoms with van der Waals surface area (Å²) in [7, 11) is 0. The Labute approximate surface area is 205 Å². The van der Waals surface area contributed by atoms with Gasteiger partial charge in [-0.25, -0.2) is 0 Å². The number of aliphatic carboxylic acids is 1. The van der Waals surface area contributed by atoms with E-state index in [0.717, 1.165) is 43.3 Å². The number of hydrogen-bond acceptors (Lipinski definition) is 4. The zero-order valence-electron chi connectivity index (χ0n) is 21.6. The zero-order valence-corrected chi connectivity index (χ0v) is 21.6. The fourth-order valence-corrected chi connectivity index (χ4v) is 6.75. The van der Waals surface area contributed by atoms with Crippen LogP contribution in [0.25, 0.3) is 0 Å². The van der Waals surface area contributed by atoms with Gasteiger partial charge in [0, 0.05) is 6.42 Å². The van der Waals surface area contributed by atoms with Gasteiger partial charge in [-0.05, 0) is 86.2 Å². The summed E-state index contributed by atoms with van der Waals surface area (Å²) in [6, 6.07) is 0. The molecule has 34 heavy (non-hydrogen) atoms. The van der Waals surface area contributed by atoms with E-state index in [4.69, 9.17) is 0 Å². The topological polar surface area (TPSA) is 98.0 Å². The Bertz CT molecular complexity index is 892. The lowest BCUT2D eigenvalue weighted by molar-refractivity contribution is -0.151. The van der Waals surface area contributed by atoms with Gasteiger partial charge in [-0.1, -0.05) is 57.2 Å². The van der Waals surface area contributed by atoms with E-state index in [9.17, 15) is 25.2 Å². The minimum absolute atomic E-state index is 0.131. The van der Waals surface area contributed by atoms with E-state index >= 15 is 0 Å². The van der Waals surface area contributed by atoms with Crippen LogP contribution in [-0.2, 0) is 4.79 Å². The van der Waals surface area contributed by atoms with Crippen LogP contribution in [0.5, 0.6) is 0 Å². The fourth-order valence-electron chi connectivity index (χ4n) is 6.75. The van der Waals surface area contributed by atoms with Crippen molar-refractivity contribution in [2.45, 2.75) is 97.9 Å².